The molecule has 0 bridgehead atoms. The third kappa shape index (κ3) is 6.25. The Kier molecular flexibility index (Phi) is 7.36. The molecule has 0 aliphatic rings. The van der Waals surface area contributed by atoms with Gasteiger partial charge in [0.15, 0.2) is 0 Å². The number of thiophene rings is 1. The first-order chi connectivity index (χ1) is 8.90. The van der Waals surface area contributed by atoms with Crippen LogP contribution < -0.4 is 0 Å². The number of hydrogen-bond acceptors (Lipinski definition) is 2. The molecule has 0 saturated heterocycles. The van der Waals surface area contributed by atoms with E-state index in [9.17, 15) is 4.79 Å². The van der Waals surface area contributed by atoms with E-state index in [0.717, 1.165) is 31.5 Å². The smallest absolute Gasteiger partial charge is 0.254 e. The normalized spacial score (nSPS) is 11.3. The van der Waals surface area contributed by atoms with Crippen molar-refractivity contribution in [2.24, 2.45) is 11.8 Å². The fourth-order valence-corrected chi connectivity index (χ4v) is 3.07. The van der Waals surface area contributed by atoms with Crippen LogP contribution in [0.1, 0.15) is 50.9 Å². The summed E-state index contributed by atoms with van der Waals surface area (Å²) in [6, 6.07) is 1.99. The third-order valence-corrected chi connectivity index (χ3v) is 4.84. The van der Waals surface area contributed by atoms with E-state index in [2.05, 4.69) is 50.3 Å². The maximum atomic E-state index is 12.5. The molecule has 0 unspecified atom stereocenters. The maximum absolute atomic E-state index is 12.5. The zero-order valence-corrected chi connectivity index (χ0v) is 15.3. The second-order valence-electron chi connectivity index (χ2n) is 5.80. The zero-order valence-electron chi connectivity index (χ0n) is 12.3. The van der Waals surface area contributed by atoms with Crippen molar-refractivity contribution < 1.29 is 4.79 Å². The van der Waals surface area contributed by atoms with E-state index < -0.39 is 0 Å². The highest BCUT2D eigenvalue weighted by Gasteiger charge is 2.17. The largest absolute Gasteiger partial charge is 0.339 e. The van der Waals surface area contributed by atoms with Crippen LogP contribution in [0.4, 0.5) is 0 Å². The minimum atomic E-state index is 0.195. The molecular formula is C15H24INOS. The Morgan fingerprint density at radius 3 is 2.11 bits per heavy atom. The van der Waals surface area contributed by atoms with E-state index >= 15 is 0 Å². The molecule has 0 aliphatic carbocycles. The van der Waals surface area contributed by atoms with E-state index in [0.29, 0.717) is 11.8 Å². The highest BCUT2D eigenvalue weighted by molar-refractivity contribution is 14.1. The Morgan fingerprint density at radius 1 is 1.21 bits per heavy atom. The van der Waals surface area contributed by atoms with Crippen molar-refractivity contribution in [3.05, 3.63) is 19.9 Å². The summed E-state index contributed by atoms with van der Waals surface area (Å²) in [4.78, 5) is 14.5. The molecule has 1 aromatic rings. The summed E-state index contributed by atoms with van der Waals surface area (Å²) < 4.78 is 1.17. The summed E-state index contributed by atoms with van der Waals surface area (Å²) in [5.41, 5.74) is 0.849. The lowest BCUT2D eigenvalue weighted by atomic mass is 10.1. The molecule has 0 radical (unpaired) electrons. The van der Waals surface area contributed by atoms with Crippen molar-refractivity contribution in [1.29, 1.82) is 0 Å². The molecule has 4 heteroatoms. The van der Waals surface area contributed by atoms with Gasteiger partial charge in [0.05, 0.1) is 8.45 Å². The predicted octanol–water partition coefficient (Wildman–Crippen LogP) is 4.89. The van der Waals surface area contributed by atoms with E-state index in [1.807, 2.05) is 16.3 Å². The standard InChI is InChI=1S/C15H24INOS/c1-11(2)5-7-17(8-6-12(3)4)15(18)13-9-14(16)19-10-13/h9-12H,5-8H2,1-4H3. The number of halogens is 1. The Hall–Kier alpha value is -0.100. The second kappa shape index (κ2) is 8.25. The average Bonchev–Trinajstić information content (AvgIpc) is 2.74. The first kappa shape index (κ1) is 17.0. The van der Waals surface area contributed by atoms with Crippen LogP contribution in [0.25, 0.3) is 0 Å². The van der Waals surface area contributed by atoms with Crippen molar-refractivity contribution in [2.45, 2.75) is 40.5 Å². The fraction of sp³-hybridized carbons (Fsp3) is 0.667. The van der Waals surface area contributed by atoms with Crippen LogP contribution >= 0.6 is 33.9 Å². The van der Waals surface area contributed by atoms with Gasteiger partial charge in [-0.15, -0.1) is 11.3 Å². The van der Waals surface area contributed by atoms with Gasteiger partial charge in [-0.05, 0) is 53.3 Å². The topological polar surface area (TPSA) is 20.3 Å². The Morgan fingerprint density at radius 2 is 1.74 bits per heavy atom. The van der Waals surface area contributed by atoms with Gasteiger partial charge >= 0.3 is 0 Å². The van der Waals surface area contributed by atoms with E-state index in [1.54, 1.807) is 11.3 Å². The zero-order chi connectivity index (χ0) is 14.4. The van der Waals surface area contributed by atoms with Crippen LogP contribution in [0, 0.1) is 14.7 Å². The number of carbonyl (C=O) groups excluding carboxylic acids is 1. The van der Waals surface area contributed by atoms with Crippen LogP contribution in [0.2, 0.25) is 0 Å². The van der Waals surface area contributed by atoms with Crippen LogP contribution in [0.15, 0.2) is 11.4 Å². The molecule has 1 aromatic heterocycles. The first-order valence-corrected chi connectivity index (χ1v) is 8.89. The summed E-state index contributed by atoms with van der Waals surface area (Å²) in [7, 11) is 0. The Bertz CT molecular complexity index is 389. The van der Waals surface area contributed by atoms with Crippen LogP contribution in [0.3, 0.4) is 0 Å². The van der Waals surface area contributed by atoms with E-state index in [4.69, 9.17) is 0 Å². The van der Waals surface area contributed by atoms with Gasteiger partial charge in [0.2, 0.25) is 0 Å². The molecule has 0 spiro atoms. The molecule has 0 atom stereocenters. The quantitative estimate of drug-likeness (QED) is 0.605. The van der Waals surface area contributed by atoms with Gasteiger partial charge in [-0.25, -0.2) is 0 Å². The summed E-state index contributed by atoms with van der Waals surface area (Å²) in [5.74, 6) is 1.47. The Balaban J connectivity index is 2.68. The minimum Gasteiger partial charge on any atom is -0.339 e. The van der Waals surface area contributed by atoms with Gasteiger partial charge in [-0.1, -0.05) is 27.7 Å². The molecule has 108 valence electrons. The third-order valence-electron chi connectivity index (χ3n) is 3.05. The molecule has 0 aliphatic heterocycles. The van der Waals surface area contributed by atoms with Gasteiger partial charge in [-0.3, -0.25) is 4.79 Å². The molecular weight excluding hydrogens is 369 g/mol. The lowest BCUT2D eigenvalue weighted by Crippen LogP contribution is -2.33. The van der Waals surface area contributed by atoms with Crippen LogP contribution in [0.5, 0.6) is 0 Å². The number of nitrogens with zero attached hydrogens (tertiary/aromatic N) is 1. The van der Waals surface area contributed by atoms with E-state index in [1.165, 1.54) is 2.88 Å². The van der Waals surface area contributed by atoms with Gasteiger partial charge in [-0.2, -0.15) is 0 Å². The van der Waals surface area contributed by atoms with Crippen molar-refractivity contribution >= 4 is 39.8 Å². The number of carbonyl (C=O) groups is 1. The molecule has 0 N–H and O–H groups in total. The summed E-state index contributed by atoms with van der Waals surface area (Å²) in [5, 5.41) is 1.97. The number of hydrogen-bond donors (Lipinski definition) is 0. The van der Waals surface area contributed by atoms with Gasteiger partial charge in [0.25, 0.3) is 5.91 Å². The summed E-state index contributed by atoms with van der Waals surface area (Å²) >= 11 is 3.91. The van der Waals surface area contributed by atoms with Crippen molar-refractivity contribution in [2.75, 3.05) is 13.1 Å². The molecule has 1 heterocycles. The van der Waals surface area contributed by atoms with Crippen molar-refractivity contribution in [3.8, 4) is 0 Å². The molecule has 2 nitrogen and oxygen atoms in total. The Labute approximate surface area is 134 Å². The second-order valence-corrected chi connectivity index (χ2v) is 8.60. The first-order valence-electron chi connectivity index (χ1n) is 6.93. The molecule has 1 rings (SSSR count). The highest BCUT2D eigenvalue weighted by atomic mass is 127. The number of amides is 1. The lowest BCUT2D eigenvalue weighted by Gasteiger charge is -2.24. The molecule has 0 aromatic carbocycles. The molecule has 19 heavy (non-hydrogen) atoms. The predicted molar refractivity (Wildman–Crippen MR) is 91.8 cm³/mol. The van der Waals surface area contributed by atoms with Crippen molar-refractivity contribution in [3.63, 3.8) is 0 Å². The lowest BCUT2D eigenvalue weighted by molar-refractivity contribution is 0.0741. The highest BCUT2D eigenvalue weighted by Crippen LogP contribution is 2.19. The van der Waals surface area contributed by atoms with Crippen molar-refractivity contribution in [1.82, 2.24) is 4.90 Å². The van der Waals surface area contributed by atoms with Crippen LogP contribution in [-0.4, -0.2) is 23.9 Å². The average molecular weight is 393 g/mol. The van der Waals surface area contributed by atoms with E-state index in [-0.39, 0.29) is 5.91 Å². The molecule has 0 fully saturated rings. The maximum Gasteiger partial charge on any atom is 0.254 e. The summed E-state index contributed by atoms with van der Waals surface area (Å²) in [6.07, 6.45) is 2.15. The molecule has 0 saturated carbocycles. The monoisotopic (exact) mass is 393 g/mol. The molecule has 1 amide bonds. The van der Waals surface area contributed by atoms with Gasteiger partial charge in [0, 0.05) is 18.5 Å². The van der Waals surface area contributed by atoms with Gasteiger partial charge in [0.1, 0.15) is 0 Å². The summed E-state index contributed by atoms with van der Waals surface area (Å²) in [6.45, 7) is 10.6. The minimum absolute atomic E-state index is 0.195. The fourth-order valence-electron chi connectivity index (χ4n) is 1.75. The van der Waals surface area contributed by atoms with Gasteiger partial charge < -0.3 is 4.90 Å². The van der Waals surface area contributed by atoms with Crippen LogP contribution in [-0.2, 0) is 0 Å². The SMILES string of the molecule is CC(C)CCN(CCC(C)C)C(=O)c1csc(I)c1. The number of rotatable bonds is 7.